The number of benzene rings is 2. The van der Waals surface area contributed by atoms with Gasteiger partial charge >= 0.3 is 6.03 Å². The Morgan fingerprint density at radius 3 is 2.44 bits per heavy atom. The van der Waals surface area contributed by atoms with Crippen LogP contribution in [-0.4, -0.2) is 46.4 Å². The van der Waals surface area contributed by atoms with Gasteiger partial charge in [-0.1, -0.05) is 18.2 Å². The molecular weight excluding hydrogens is 408 g/mol. The third-order valence-electron chi connectivity index (χ3n) is 5.63. The first-order chi connectivity index (χ1) is 15.6. The second kappa shape index (κ2) is 8.14. The molecule has 4 amide bonds. The fourth-order valence-electron chi connectivity index (χ4n) is 4.12. The van der Waals surface area contributed by atoms with Crippen molar-refractivity contribution in [3.8, 4) is 11.5 Å². The van der Waals surface area contributed by atoms with Crippen molar-refractivity contribution in [1.29, 1.82) is 0 Å². The molecule has 3 heterocycles. The van der Waals surface area contributed by atoms with Gasteiger partial charge in [-0.2, -0.15) is 0 Å². The number of urea groups is 1. The lowest BCUT2D eigenvalue weighted by atomic mass is 10.0. The highest BCUT2D eigenvalue weighted by Crippen LogP contribution is 2.30. The number of rotatable bonds is 4. The number of nitrogens with one attached hydrogen (secondary N) is 1. The Labute approximate surface area is 184 Å². The van der Waals surface area contributed by atoms with Crippen LogP contribution in [0.1, 0.15) is 16.8 Å². The number of imide groups is 1. The first-order valence-electron chi connectivity index (χ1n) is 10.3. The molecule has 0 bridgehead atoms. The molecular formula is C24H20N4O4. The maximum atomic E-state index is 13.4. The molecule has 1 N–H and O–H groups in total. The molecule has 2 fully saturated rings. The molecule has 32 heavy (non-hydrogen) atoms. The van der Waals surface area contributed by atoms with E-state index in [0.29, 0.717) is 35.7 Å². The van der Waals surface area contributed by atoms with E-state index in [-0.39, 0.29) is 5.91 Å². The van der Waals surface area contributed by atoms with Crippen LogP contribution >= 0.6 is 0 Å². The summed E-state index contributed by atoms with van der Waals surface area (Å²) in [6.45, 7) is 0.382. The second-order valence-electron chi connectivity index (χ2n) is 7.61. The molecule has 2 saturated heterocycles. The Morgan fingerprint density at radius 2 is 1.72 bits per heavy atom. The van der Waals surface area contributed by atoms with E-state index in [9.17, 15) is 14.4 Å². The minimum Gasteiger partial charge on any atom is -0.457 e. The minimum absolute atomic E-state index is 0.276. The molecule has 0 unspecified atom stereocenters. The summed E-state index contributed by atoms with van der Waals surface area (Å²) in [5, 5.41) is 2.87. The van der Waals surface area contributed by atoms with Gasteiger partial charge in [0.25, 0.3) is 11.8 Å². The topological polar surface area (TPSA) is 91.8 Å². The SMILES string of the molecule is O=C1N[C@@H]2CCN(C(=O)c3cccnc3)[C@@H]2C(=O)N1c1ccc(Oc2ccccc2)cc1. The quantitative estimate of drug-likeness (QED) is 0.689. The number of anilines is 1. The molecule has 0 spiro atoms. The van der Waals surface area contributed by atoms with Gasteiger partial charge in [-0.3, -0.25) is 14.6 Å². The highest BCUT2D eigenvalue weighted by molar-refractivity contribution is 6.19. The van der Waals surface area contributed by atoms with E-state index in [0.717, 1.165) is 4.90 Å². The van der Waals surface area contributed by atoms with Crippen LogP contribution in [0.4, 0.5) is 10.5 Å². The highest BCUT2D eigenvalue weighted by Gasteiger charge is 2.50. The summed E-state index contributed by atoms with van der Waals surface area (Å²) >= 11 is 0. The number of aromatic nitrogens is 1. The summed E-state index contributed by atoms with van der Waals surface area (Å²) in [6.07, 6.45) is 3.58. The molecule has 0 saturated carbocycles. The number of fused-ring (bicyclic) bond motifs is 1. The molecule has 2 aliphatic heterocycles. The highest BCUT2D eigenvalue weighted by atomic mass is 16.5. The lowest BCUT2D eigenvalue weighted by molar-refractivity contribution is -0.122. The van der Waals surface area contributed by atoms with E-state index in [1.807, 2.05) is 30.3 Å². The van der Waals surface area contributed by atoms with Crippen LogP contribution in [0.15, 0.2) is 79.1 Å². The van der Waals surface area contributed by atoms with Crippen molar-refractivity contribution in [2.24, 2.45) is 0 Å². The number of carbonyl (C=O) groups excluding carboxylic acids is 3. The Bertz CT molecular complexity index is 1150. The van der Waals surface area contributed by atoms with Gasteiger partial charge in [0.05, 0.1) is 17.3 Å². The van der Waals surface area contributed by atoms with E-state index in [2.05, 4.69) is 10.3 Å². The van der Waals surface area contributed by atoms with Gasteiger partial charge in [0.1, 0.15) is 17.5 Å². The normalized spacial score (nSPS) is 20.0. The van der Waals surface area contributed by atoms with E-state index >= 15 is 0 Å². The summed E-state index contributed by atoms with van der Waals surface area (Å²) in [4.78, 5) is 45.7. The maximum absolute atomic E-state index is 13.4. The van der Waals surface area contributed by atoms with Crippen molar-refractivity contribution in [1.82, 2.24) is 15.2 Å². The summed E-state index contributed by atoms with van der Waals surface area (Å²) < 4.78 is 5.78. The number of hydrogen-bond donors (Lipinski definition) is 1. The molecule has 8 heteroatoms. The van der Waals surface area contributed by atoms with Crippen LogP contribution in [0, 0.1) is 0 Å². The molecule has 0 radical (unpaired) electrons. The lowest BCUT2D eigenvalue weighted by Crippen LogP contribution is -2.65. The largest absolute Gasteiger partial charge is 0.457 e. The van der Waals surface area contributed by atoms with Crippen molar-refractivity contribution >= 4 is 23.5 Å². The maximum Gasteiger partial charge on any atom is 0.329 e. The zero-order valence-electron chi connectivity index (χ0n) is 17.0. The molecule has 2 atom stereocenters. The number of hydrogen-bond acceptors (Lipinski definition) is 5. The first kappa shape index (κ1) is 19.7. The van der Waals surface area contributed by atoms with E-state index in [4.69, 9.17) is 4.74 Å². The number of nitrogens with zero attached hydrogens (tertiary/aromatic N) is 3. The van der Waals surface area contributed by atoms with Crippen molar-refractivity contribution in [2.75, 3.05) is 11.4 Å². The van der Waals surface area contributed by atoms with Crippen LogP contribution in [0.5, 0.6) is 11.5 Å². The second-order valence-corrected chi connectivity index (χ2v) is 7.61. The average Bonchev–Trinajstić information content (AvgIpc) is 3.25. The van der Waals surface area contributed by atoms with Crippen LogP contribution in [0.25, 0.3) is 0 Å². The van der Waals surface area contributed by atoms with Gasteiger partial charge in [0, 0.05) is 18.9 Å². The Hall–Kier alpha value is -4.20. The summed E-state index contributed by atoms with van der Waals surface area (Å²) in [6, 6.07) is 17.7. The summed E-state index contributed by atoms with van der Waals surface area (Å²) in [5.74, 6) is 0.564. The minimum atomic E-state index is -0.763. The van der Waals surface area contributed by atoms with Gasteiger partial charge < -0.3 is 15.0 Å². The number of carbonyl (C=O) groups is 3. The predicted molar refractivity (Wildman–Crippen MR) is 116 cm³/mol. The third kappa shape index (κ3) is 3.56. The van der Waals surface area contributed by atoms with Gasteiger partial charge in [-0.05, 0) is 55.0 Å². The molecule has 160 valence electrons. The van der Waals surface area contributed by atoms with Gasteiger partial charge in [-0.15, -0.1) is 0 Å². The summed E-state index contributed by atoms with van der Waals surface area (Å²) in [7, 11) is 0. The van der Waals surface area contributed by atoms with Crippen molar-refractivity contribution in [3.05, 3.63) is 84.7 Å². The van der Waals surface area contributed by atoms with Crippen LogP contribution in [0.3, 0.4) is 0 Å². The number of likely N-dealkylation sites (tertiary alicyclic amines) is 1. The van der Waals surface area contributed by atoms with E-state index < -0.39 is 24.0 Å². The van der Waals surface area contributed by atoms with E-state index in [1.54, 1.807) is 42.6 Å². The smallest absolute Gasteiger partial charge is 0.329 e. The lowest BCUT2D eigenvalue weighted by Gasteiger charge is -2.36. The van der Waals surface area contributed by atoms with Crippen LogP contribution in [0.2, 0.25) is 0 Å². The molecule has 2 aromatic carbocycles. The predicted octanol–water partition coefficient (Wildman–Crippen LogP) is 3.21. The molecule has 3 aromatic rings. The fraction of sp³-hybridized carbons (Fsp3) is 0.167. The van der Waals surface area contributed by atoms with Crippen molar-refractivity contribution in [2.45, 2.75) is 18.5 Å². The van der Waals surface area contributed by atoms with Gasteiger partial charge in [0.2, 0.25) is 0 Å². The summed E-state index contributed by atoms with van der Waals surface area (Å²) in [5.41, 5.74) is 0.818. The van der Waals surface area contributed by atoms with Crippen LogP contribution < -0.4 is 15.0 Å². The number of amides is 4. The molecule has 5 rings (SSSR count). The molecule has 8 nitrogen and oxygen atoms in total. The third-order valence-corrected chi connectivity index (χ3v) is 5.63. The van der Waals surface area contributed by atoms with E-state index in [1.165, 1.54) is 11.1 Å². The Kier molecular flexibility index (Phi) is 5.03. The van der Waals surface area contributed by atoms with Crippen LogP contribution in [-0.2, 0) is 4.79 Å². The number of para-hydroxylation sites is 1. The zero-order chi connectivity index (χ0) is 22.1. The monoisotopic (exact) mass is 428 g/mol. The Morgan fingerprint density at radius 1 is 0.969 bits per heavy atom. The number of pyridine rings is 1. The van der Waals surface area contributed by atoms with Gasteiger partial charge in [0.15, 0.2) is 0 Å². The Balaban J connectivity index is 1.37. The first-order valence-corrected chi connectivity index (χ1v) is 10.3. The molecule has 0 aliphatic carbocycles. The number of ether oxygens (including phenoxy) is 1. The van der Waals surface area contributed by atoms with Gasteiger partial charge in [-0.25, -0.2) is 9.69 Å². The van der Waals surface area contributed by atoms with Crippen molar-refractivity contribution < 1.29 is 19.1 Å². The standard InChI is InChI=1S/C24H20N4O4/c29-22(16-5-4-13-25-15-16)27-14-12-20-21(27)23(30)28(24(31)26-20)17-8-10-19(11-9-17)32-18-6-2-1-3-7-18/h1-11,13,15,20-21H,12,14H2,(H,26,31)/t20-,21+/m1/s1. The molecule has 1 aromatic heterocycles. The fourth-order valence-corrected chi connectivity index (χ4v) is 4.12. The molecule has 2 aliphatic rings. The zero-order valence-corrected chi connectivity index (χ0v) is 17.0. The average molecular weight is 428 g/mol. The van der Waals surface area contributed by atoms with Crippen molar-refractivity contribution in [3.63, 3.8) is 0 Å².